The van der Waals surface area contributed by atoms with E-state index in [2.05, 4.69) is 28.8 Å². The molecular weight excluding hydrogens is 310 g/mol. The highest BCUT2D eigenvalue weighted by Crippen LogP contribution is 2.24. The molecule has 118 valence electrons. The van der Waals surface area contributed by atoms with E-state index in [9.17, 15) is 4.79 Å². The van der Waals surface area contributed by atoms with Gasteiger partial charge >= 0.3 is 0 Å². The highest BCUT2D eigenvalue weighted by atomic mass is 35.5. The van der Waals surface area contributed by atoms with Crippen LogP contribution in [-0.2, 0) is 4.79 Å². The van der Waals surface area contributed by atoms with Gasteiger partial charge < -0.3 is 10.6 Å². The smallest absolute Gasteiger partial charge is 0.231 e. The van der Waals surface area contributed by atoms with E-state index < -0.39 is 0 Å². The van der Waals surface area contributed by atoms with Crippen molar-refractivity contribution in [2.24, 2.45) is 5.92 Å². The number of rotatable bonds is 6. The molecule has 0 radical (unpaired) electrons. The normalized spacial score (nSPS) is 11.4. The molecular formula is C18H18ClN3O. The largest absolute Gasteiger partial charge is 0.340 e. The molecule has 0 saturated carbocycles. The monoisotopic (exact) mass is 327 g/mol. The van der Waals surface area contributed by atoms with Gasteiger partial charge in [-0.15, -0.1) is 6.58 Å². The zero-order valence-corrected chi connectivity index (χ0v) is 13.6. The zero-order valence-electron chi connectivity index (χ0n) is 12.8. The molecule has 1 aromatic heterocycles. The molecule has 2 aromatic rings. The zero-order chi connectivity index (χ0) is 16.8. The standard InChI is InChI=1S/C18H18ClN3O/c1-4-12(2)18(23)22-16-8-6-5-7-15(16)13(3)21-17-10-9-14(19)11-20-17/h4-12H,1,3H2,2H3,(H,20,21)(H,22,23). The molecule has 5 heteroatoms. The number of aromatic nitrogens is 1. The van der Waals surface area contributed by atoms with Crippen molar-refractivity contribution >= 4 is 34.7 Å². The number of para-hydroxylation sites is 1. The predicted octanol–water partition coefficient (Wildman–Crippen LogP) is 4.58. The van der Waals surface area contributed by atoms with Crippen LogP contribution in [0, 0.1) is 5.92 Å². The first kappa shape index (κ1) is 16.8. The topological polar surface area (TPSA) is 54.0 Å². The van der Waals surface area contributed by atoms with Crippen LogP contribution in [0.4, 0.5) is 11.5 Å². The van der Waals surface area contributed by atoms with Crippen LogP contribution in [-0.4, -0.2) is 10.9 Å². The van der Waals surface area contributed by atoms with E-state index in [0.29, 0.717) is 22.2 Å². The summed E-state index contributed by atoms with van der Waals surface area (Å²) in [5, 5.41) is 6.55. The molecule has 0 spiro atoms. The Morgan fingerprint density at radius 3 is 2.65 bits per heavy atom. The van der Waals surface area contributed by atoms with Crippen LogP contribution < -0.4 is 10.6 Å². The average Bonchev–Trinajstić information content (AvgIpc) is 2.56. The van der Waals surface area contributed by atoms with Crippen molar-refractivity contribution in [3.63, 3.8) is 0 Å². The summed E-state index contributed by atoms with van der Waals surface area (Å²) < 4.78 is 0. The number of benzene rings is 1. The third kappa shape index (κ3) is 4.44. The van der Waals surface area contributed by atoms with Crippen LogP contribution >= 0.6 is 11.6 Å². The van der Waals surface area contributed by atoms with Gasteiger partial charge in [0, 0.05) is 17.5 Å². The SMILES string of the molecule is C=CC(C)C(=O)Nc1ccccc1C(=C)Nc1ccc(Cl)cn1. The lowest BCUT2D eigenvalue weighted by Crippen LogP contribution is -2.19. The van der Waals surface area contributed by atoms with E-state index in [0.717, 1.165) is 5.56 Å². The average molecular weight is 328 g/mol. The fourth-order valence-corrected chi connectivity index (χ4v) is 1.99. The molecule has 1 aromatic carbocycles. The molecule has 4 nitrogen and oxygen atoms in total. The van der Waals surface area contributed by atoms with Crippen molar-refractivity contribution in [3.05, 3.63) is 72.4 Å². The molecule has 0 bridgehead atoms. The van der Waals surface area contributed by atoms with E-state index in [-0.39, 0.29) is 11.8 Å². The number of halogens is 1. The lowest BCUT2D eigenvalue weighted by atomic mass is 10.1. The van der Waals surface area contributed by atoms with Crippen molar-refractivity contribution < 1.29 is 4.79 Å². The summed E-state index contributed by atoms with van der Waals surface area (Å²) >= 11 is 5.82. The van der Waals surface area contributed by atoms with Gasteiger partial charge in [0.05, 0.1) is 16.6 Å². The van der Waals surface area contributed by atoms with Crippen LogP contribution in [0.15, 0.2) is 61.8 Å². The van der Waals surface area contributed by atoms with Crippen molar-refractivity contribution in [1.82, 2.24) is 4.98 Å². The van der Waals surface area contributed by atoms with Crippen LogP contribution in [0.5, 0.6) is 0 Å². The van der Waals surface area contributed by atoms with Gasteiger partial charge in [0.1, 0.15) is 5.82 Å². The summed E-state index contributed by atoms with van der Waals surface area (Å²) in [4.78, 5) is 16.2. The van der Waals surface area contributed by atoms with Gasteiger partial charge in [-0.1, -0.05) is 49.4 Å². The quantitative estimate of drug-likeness (QED) is 0.764. The molecule has 0 fully saturated rings. The molecule has 1 heterocycles. The minimum absolute atomic E-state index is 0.120. The third-order valence-electron chi connectivity index (χ3n) is 3.28. The fourth-order valence-electron chi connectivity index (χ4n) is 1.88. The third-order valence-corrected chi connectivity index (χ3v) is 3.51. The summed E-state index contributed by atoms with van der Waals surface area (Å²) in [5.74, 6) is 0.229. The van der Waals surface area contributed by atoms with Gasteiger partial charge in [-0.25, -0.2) is 4.98 Å². The van der Waals surface area contributed by atoms with Gasteiger partial charge in [0.2, 0.25) is 5.91 Å². The number of nitrogens with zero attached hydrogens (tertiary/aromatic N) is 1. The lowest BCUT2D eigenvalue weighted by molar-refractivity contribution is -0.118. The Hall–Kier alpha value is -2.59. The van der Waals surface area contributed by atoms with Gasteiger partial charge in [-0.05, 0) is 18.2 Å². The van der Waals surface area contributed by atoms with Crippen molar-refractivity contribution in [2.45, 2.75) is 6.92 Å². The Morgan fingerprint density at radius 2 is 2.00 bits per heavy atom. The minimum Gasteiger partial charge on any atom is -0.340 e. The Balaban J connectivity index is 2.18. The number of amides is 1. The highest BCUT2D eigenvalue weighted by molar-refractivity contribution is 6.30. The van der Waals surface area contributed by atoms with Gasteiger partial charge in [-0.3, -0.25) is 4.79 Å². The van der Waals surface area contributed by atoms with Gasteiger partial charge in [0.15, 0.2) is 0 Å². The van der Waals surface area contributed by atoms with Gasteiger partial charge in [0.25, 0.3) is 0 Å². The van der Waals surface area contributed by atoms with Crippen LogP contribution in [0.1, 0.15) is 12.5 Å². The number of hydrogen-bond donors (Lipinski definition) is 2. The Labute approximate surface area is 140 Å². The maximum atomic E-state index is 12.1. The predicted molar refractivity (Wildman–Crippen MR) is 96.3 cm³/mol. The molecule has 0 aliphatic rings. The van der Waals surface area contributed by atoms with Crippen LogP contribution in [0.25, 0.3) is 5.70 Å². The summed E-state index contributed by atoms with van der Waals surface area (Å²) in [6.07, 6.45) is 3.15. The van der Waals surface area contributed by atoms with E-state index >= 15 is 0 Å². The summed E-state index contributed by atoms with van der Waals surface area (Å²) in [5.41, 5.74) is 2.09. The Morgan fingerprint density at radius 1 is 1.26 bits per heavy atom. The van der Waals surface area contributed by atoms with Crippen LogP contribution in [0.2, 0.25) is 5.02 Å². The first-order valence-corrected chi connectivity index (χ1v) is 7.49. The first-order valence-electron chi connectivity index (χ1n) is 7.11. The Bertz CT molecular complexity index is 725. The number of hydrogen-bond acceptors (Lipinski definition) is 3. The van der Waals surface area contributed by atoms with E-state index in [1.165, 1.54) is 0 Å². The second kappa shape index (κ2) is 7.61. The molecule has 1 atom stereocenters. The first-order chi connectivity index (χ1) is 11.0. The van der Waals surface area contributed by atoms with Crippen molar-refractivity contribution in [2.75, 3.05) is 10.6 Å². The number of pyridine rings is 1. The fraction of sp³-hybridized carbons (Fsp3) is 0.111. The molecule has 23 heavy (non-hydrogen) atoms. The van der Waals surface area contributed by atoms with Gasteiger partial charge in [-0.2, -0.15) is 0 Å². The highest BCUT2D eigenvalue weighted by Gasteiger charge is 2.12. The lowest BCUT2D eigenvalue weighted by Gasteiger charge is -2.15. The van der Waals surface area contributed by atoms with E-state index in [4.69, 9.17) is 11.6 Å². The van der Waals surface area contributed by atoms with Crippen molar-refractivity contribution in [1.29, 1.82) is 0 Å². The number of anilines is 2. The number of nitrogens with one attached hydrogen (secondary N) is 2. The molecule has 1 amide bonds. The summed E-state index contributed by atoms with van der Waals surface area (Å²) in [6.45, 7) is 9.44. The molecule has 2 N–H and O–H groups in total. The molecule has 0 aliphatic carbocycles. The summed E-state index contributed by atoms with van der Waals surface area (Å²) in [6, 6.07) is 10.9. The molecule has 0 saturated heterocycles. The minimum atomic E-state index is -0.276. The molecule has 0 aliphatic heterocycles. The summed E-state index contributed by atoms with van der Waals surface area (Å²) in [7, 11) is 0. The van der Waals surface area contributed by atoms with E-state index in [1.54, 1.807) is 31.3 Å². The van der Waals surface area contributed by atoms with E-state index in [1.807, 2.05) is 24.3 Å². The Kier molecular flexibility index (Phi) is 5.55. The number of carbonyl (C=O) groups excluding carboxylic acids is 1. The maximum absolute atomic E-state index is 12.1. The van der Waals surface area contributed by atoms with Crippen LogP contribution in [0.3, 0.4) is 0 Å². The molecule has 2 rings (SSSR count). The van der Waals surface area contributed by atoms with Crippen molar-refractivity contribution in [3.8, 4) is 0 Å². The molecule has 1 unspecified atom stereocenters. The number of carbonyl (C=O) groups is 1. The second-order valence-electron chi connectivity index (χ2n) is 5.02. The second-order valence-corrected chi connectivity index (χ2v) is 5.46. The maximum Gasteiger partial charge on any atom is 0.231 e.